The number of likely N-dealkylation sites (tertiary alicyclic amines) is 1. The summed E-state index contributed by atoms with van der Waals surface area (Å²) in [5.74, 6) is -1.13. The average Bonchev–Trinajstić information content (AvgIpc) is 3.45. The minimum absolute atomic E-state index is 0.0134. The first kappa shape index (κ1) is 41.9. The molecule has 0 radical (unpaired) electrons. The second-order valence-corrected chi connectivity index (χ2v) is 19.5. The fraction of sp³-hybridized carbons (Fsp3) is 0.422. The quantitative estimate of drug-likeness (QED) is 0.0899. The molecule has 3 N–H and O–H groups in total. The van der Waals surface area contributed by atoms with E-state index < -0.39 is 65.9 Å². The second kappa shape index (κ2) is 16.8. The van der Waals surface area contributed by atoms with Crippen molar-refractivity contribution < 1.29 is 42.4 Å². The van der Waals surface area contributed by atoms with E-state index in [1.54, 1.807) is 73.8 Å². The van der Waals surface area contributed by atoms with E-state index in [1.807, 2.05) is 26.8 Å². The van der Waals surface area contributed by atoms with Crippen molar-refractivity contribution in [2.75, 3.05) is 13.7 Å². The number of fused-ring (bicyclic) bond motifs is 1. The Morgan fingerprint density at radius 3 is 2.46 bits per heavy atom. The first-order valence-electron chi connectivity index (χ1n) is 20.1. The Morgan fingerprint density at radius 1 is 1.05 bits per heavy atom. The van der Waals surface area contributed by atoms with Crippen LogP contribution in [0.3, 0.4) is 0 Å². The number of halogens is 1. The highest BCUT2D eigenvalue weighted by Crippen LogP contribution is 2.70. The van der Waals surface area contributed by atoms with Gasteiger partial charge in [-0.2, -0.15) is 0 Å². The van der Waals surface area contributed by atoms with E-state index in [4.69, 9.17) is 19.2 Å². The van der Waals surface area contributed by atoms with E-state index >= 15 is 0 Å². The predicted octanol–water partition coefficient (Wildman–Crippen LogP) is 7.97. The number of alkyl carbamates (subject to hydrolysis) is 1. The lowest BCUT2D eigenvalue weighted by atomic mass is 9.85. The average molecular weight is 827 g/mol. The Labute approximate surface area is 344 Å². The number of benzene rings is 3. The number of amides is 3. The molecule has 2 saturated carbocycles. The maximum absolute atomic E-state index is 14.8. The lowest BCUT2D eigenvalue weighted by Gasteiger charge is -2.36. The standard InChI is InChI=1S/C45H52FN4O8P/c1-6-30-25-45(30,59(54,55)27-28-13-8-7-9-14-28)49-41(51)38-23-34(26-50(38)42(52)40(44(2,3)4)48-43(53)58-32-17-10-11-18-32)57-39-24-36(29-15-12-16-31(46)21-29)47-37-22-33(56-5)19-20-35(37)39/h6-9,12-16,19-22,24,30,32,34,38,40H,1,10-11,17-18,23,25-27H2,2-5H3,(H,48,53)(H,49,51)(H,54,55)/t30-,34-,38+,40?,45+/m1/s1. The number of nitrogens with one attached hydrogen (secondary N) is 2. The first-order chi connectivity index (χ1) is 28.1. The molecule has 0 bridgehead atoms. The van der Waals surface area contributed by atoms with E-state index in [0.29, 0.717) is 39.2 Å². The van der Waals surface area contributed by atoms with Crippen LogP contribution in [0.5, 0.6) is 11.5 Å². The molecule has 312 valence electrons. The monoisotopic (exact) mass is 826 g/mol. The number of pyridine rings is 1. The van der Waals surface area contributed by atoms with Crippen molar-refractivity contribution in [1.82, 2.24) is 20.5 Å². The van der Waals surface area contributed by atoms with Crippen LogP contribution in [0.15, 0.2) is 91.5 Å². The van der Waals surface area contributed by atoms with Gasteiger partial charge in [-0.1, -0.05) is 69.3 Å². The molecule has 7 rings (SSSR count). The number of methoxy groups -OCH3 is 1. The van der Waals surface area contributed by atoms with Gasteiger partial charge in [0, 0.05) is 35.4 Å². The van der Waals surface area contributed by atoms with Crippen molar-refractivity contribution in [2.24, 2.45) is 11.3 Å². The highest BCUT2D eigenvalue weighted by molar-refractivity contribution is 7.59. The molecule has 2 unspecified atom stereocenters. The first-order valence-corrected chi connectivity index (χ1v) is 21.9. The van der Waals surface area contributed by atoms with Crippen molar-refractivity contribution in [3.63, 3.8) is 0 Å². The van der Waals surface area contributed by atoms with Crippen LogP contribution in [0.1, 0.15) is 64.9 Å². The Bertz CT molecular complexity index is 2280. The summed E-state index contributed by atoms with van der Waals surface area (Å²) < 4.78 is 46.5. The van der Waals surface area contributed by atoms with Gasteiger partial charge in [0.05, 0.1) is 31.0 Å². The molecule has 6 atom stereocenters. The highest BCUT2D eigenvalue weighted by atomic mass is 31.2. The Hall–Kier alpha value is -5.26. The van der Waals surface area contributed by atoms with Gasteiger partial charge in [-0.15, -0.1) is 6.58 Å². The smallest absolute Gasteiger partial charge is 0.408 e. The molecule has 3 aliphatic rings. The summed E-state index contributed by atoms with van der Waals surface area (Å²) in [4.78, 5) is 60.5. The molecular formula is C45H52FN4O8P. The summed E-state index contributed by atoms with van der Waals surface area (Å²) >= 11 is 0. The van der Waals surface area contributed by atoms with Gasteiger partial charge in [0.1, 0.15) is 46.9 Å². The molecule has 0 spiro atoms. The second-order valence-electron chi connectivity index (χ2n) is 16.9. The molecule has 1 aromatic heterocycles. The molecule has 59 heavy (non-hydrogen) atoms. The number of nitrogens with zero attached hydrogens (tertiary/aromatic N) is 2. The van der Waals surface area contributed by atoms with Crippen molar-refractivity contribution in [2.45, 2.75) is 95.0 Å². The minimum atomic E-state index is -4.09. The number of aromatic nitrogens is 1. The maximum atomic E-state index is 14.8. The summed E-state index contributed by atoms with van der Waals surface area (Å²) in [5, 5.41) is 4.88. The molecule has 3 fully saturated rings. The van der Waals surface area contributed by atoms with Crippen LogP contribution < -0.4 is 20.1 Å². The molecule has 1 aliphatic heterocycles. The van der Waals surface area contributed by atoms with E-state index in [9.17, 15) is 28.2 Å². The summed E-state index contributed by atoms with van der Waals surface area (Å²) in [6.45, 7) is 9.26. The van der Waals surface area contributed by atoms with E-state index in [0.717, 1.165) is 25.7 Å². The summed E-state index contributed by atoms with van der Waals surface area (Å²) in [5.41, 5.74) is 1.30. The zero-order valence-corrected chi connectivity index (χ0v) is 34.8. The predicted molar refractivity (Wildman–Crippen MR) is 222 cm³/mol. The van der Waals surface area contributed by atoms with Gasteiger partial charge >= 0.3 is 6.09 Å². The zero-order valence-electron chi connectivity index (χ0n) is 33.9. The number of carbonyl (C=O) groups excluding carboxylic acids is 3. The largest absolute Gasteiger partial charge is 0.497 e. The van der Waals surface area contributed by atoms with Gasteiger partial charge in [0.25, 0.3) is 0 Å². The third kappa shape index (κ3) is 9.01. The Kier molecular flexibility index (Phi) is 11.9. The fourth-order valence-corrected chi connectivity index (χ4v) is 10.7. The van der Waals surface area contributed by atoms with Gasteiger partial charge in [-0.05, 0) is 67.3 Å². The molecular weight excluding hydrogens is 774 g/mol. The summed E-state index contributed by atoms with van der Waals surface area (Å²) in [7, 11) is -2.55. The van der Waals surface area contributed by atoms with Crippen LogP contribution in [0, 0.1) is 17.2 Å². The lowest BCUT2D eigenvalue weighted by molar-refractivity contribution is -0.142. The third-order valence-electron chi connectivity index (χ3n) is 11.7. The number of hydrogen-bond donors (Lipinski definition) is 3. The lowest BCUT2D eigenvalue weighted by Crippen LogP contribution is -2.58. The van der Waals surface area contributed by atoms with Crippen LogP contribution in [0.2, 0.25) is 0 Å². The molecule has 12 nitrogen and oxygen atoms in total. The number of carbonyl (C=O) groups is 3. The summed E-state index contributed by atoms with van der Waals surface area (Å²) in [6.07, 6.45) is 3.33. The number of rotatable bonds is 13. The highest BCUT2D eigenvalue weighted by Gasteiger charge is 2.65. The third-order valence-corrected chi connectivity index (χ3v) is 14.3. The van der Waals surface area contributed by atoms with E-state index in [2.05, 4.69) is 17.2 Å². The van der Waals surface area contributed by atoms with Crippen molar-refractivity contribution in [1.29, 1.82) is 0 Å². The number of ether oxygens (including phenoxy) is 3. The van der Waals surface area contributed by atoms with Crippen LogP contribution in [-0.2, 0) is 25.1 Å². The normalized spacial score (nSPS) is 23.2. The minimum Gasteiger partial charge on any atom is -0.497 e. The van der Waals surface area contributed by atoms with Gasteiger partial charge in [0.15, 0.2) is 0 Å². The van der Waals surface area contributed by atoms with Crippen molar-refractivity contribution in [3.05, 3.63) is 103 Å². The van der Waals surface area contributed by atoms with Crippen molar-refractivity contribution in [3.8, 4) is 22.8 Å². The van der Waals surface area contributed by atoms with Crippen LogP contribution >= 0.6 is 7.37 Å². The SMILES string of the molecule is C=C[C@@H]1C[C@]1(NC(=O)[C@@H]1C[C@@H](Oc2cc(-c3cccc(F)c3)nc3cc(OC)ccc23)CN1C(=O)C(NC(=O)OC1CCCC1)C(C)(C)C)P(=O)(O)Cc1ccccc1. The molecule has 2 aliphatic carbocycles. The molecule has 3 amide bonds. The van der Waals surface area contributed by atoms with Crippen LogP contribution in [0.4, 0.5) is 9.18 Å². The van der Waals surface area contributed by atoms with Crippen molar-refractivity contribution >= 4 is 36.2 Å². The number of hydrogen-bond acceptors (Lipinski definition) is 8. The van der Waals surface area contributed by atoms with Crippen LogP contribution in [0.25, 0.3) is 22.2 Å². The summed E-state index contributed by atoms with van der Waals surface area (Å²) in [6, 6.07) is 19.7. The molecule has 14 heteroatoms. The topological polar surface area (TPSA) is 156 Å². The van der Waals surface area contributed by atoms with Crippen LogP contribution in [-0.4, -0.2) is 75.9 Å². The van der Waals surface area contributed by atoms with E-state index in [-0.39, 0.29) is 31.7 Å². The van der Waals surface area contributed by atoms with E-state index in [1.165, 1.54) is 17.0 Å². The molecule has 4 aromatic rings. The zero-order chi connectivity index (χ0) is 42.1. The van der Waals surface area contributed by atoms with Gasteiger partial charge in [-0.25, -0.2) is 14.2 Å². The molecule has 2 heterocycles. The Morgan fingerprint density at radius 2 is 1.80 bits per heavy atom. The van der Waals surface area contributed by atoms with Gasteiger partial charge in [-0.3, -0.25) is 14.2 Å². The Balaban J connectivity index is 1.22. The fourth-order valence-electron chi connectivity index (χ4n) is 8.33. The maximum Gasteiger partial charge on any atom is 0.408 e. The molecule has 3 aromatic carbocycles. The van der Waals surface area contributed by atoms with Gasteiger partial charge in [0.2, 0.25) is 19.2 Å². The molecule has 1 saturated heterocycles. The van der Waals surface area contributed by atoms with Gasteiger partial charge < -0.3 is 34.6 Å².